The Morgan fingerprint density at radius 2 is 1.21 bits per heavy atom. The molecule has 34 heavy (non-hydrogen) atoms. The van der Waals surface area contributed by atoms with Crippen molar-refractivity contribution in [2.24, 2.45) is 7.05 Å². The zero-order valence-corrected chi connectivity index (χ0v) is 19.9. The normalized spacial score (nSPS) is 11.8. The molecule has 0 bridgehead atoms. The maximum absolute atomic E-state index is 2.44. The van der Waals surface area contributed by atoms with Crippen LogP contribution in [0.1, 0.15) is 5.56 Å². The summed E-state index contributed by atoms with van der Waals surface area (Å²) in [4.78, 5) is 1.33. The lowest BCUT2D eigenvalue weighted by atomic mass is 10.1. The standard InChI is InChI=1S/C31H23N2S/c1-20-21-11-6-10-18-30(21)34-31(20)29-19-28(24-14-5-7-15-25(24)32(29)2)33-26-16-8-3-12-22(26)23-13-4-9-17-27(23)33/h3-19H,1-2H3/q+1. The summed E-state index contributed by atoms with van der Waals surface area (Å²) in [7, 11) is 2.19. The van der Waals surface area contributed by atoms with Crippen LogP contribution in [0.2, 0.25) is 0 Å². The topological polar surface area (TPSA) is 8.81 Å². The lowest BCUT2D eigenvalue weighted by Crippen LogP contribution is -2.32. The van der Waals surface area contributed by atoms with Gasteiger partial charge in [0, 0.05) is 27.6 Å². The highest BCUT2D eigenvalue weighted by atomic mass is 32.1. The molecule has 7 rings (SSSR count). The van der Waals surface area contributed by atoms with Crippen molar-refractivity contribution in [2.75, 3.05) is 0 Å². The summed E-state index contributed by atoms with van der Waals surface area (Å²) < 4.78 is 6.13. The molecule has 7 aromatic rings. The summed E-state index contributed by atoms with van der Waals surface area (Å²) in [6.45, 7) is 2.25. The van der Waals surface area contributed by atoms with Gasteiger partial charge in [0.2, 0.25) is 11.2 Å². The average molecular weight is 456 g/mol. The minimum absolute atomic E-state index is 1.22. The van der Waals surface area contributed by atoms with Crippen molar-refractivity contribution < 1.29 is 4.57 Å². The number of para-hydroxylation sites is 3. The van der Waals surface area contributed by atoms with Crippen LogP contribution in [0.5, 0.6) is 0 Å². The summed E-state index contributed by atoms with van der Waals surface area (Å²) in [5.41, 5.74) is 7.52. The summed E-state index contributed by atoms with van der Waals surface area (Å²) in [5, 5.41) is 5.16. The van der Waals surface area contributed by atoms with E-state index >= 15 is 0 Å². The van der Waals surface area contributed by atoms with E-state index in [1.54, 1.807) is 0 Å². The van der Waals surface area contributed by atoms with Crippen LogP contribution in [0.3, 0.4) is 0 Å². The monoisotopic (exact) mass is 455 g/mol. The molecule has 0 N–H and O–H groups in total. The first-order valence-corrected chi connectivity index (χ1v) is 12.4. The smallest absolute Gasteiger partial charge is 0.225 e. The fourth-order valence-electron chi connectivity index (χ4n) is 5.42. The second-order valence-electron chi connectivity index (χ2n) is 8.91. The molecule has 0 saturated carbocycles. The van der Waals surface area contributed by atoms with Gasteiger partial charge in [-0.05, 0) is 42.1 Å². The molecule has 0 aliphatic rings. The first-order chi connectivity index (χ1) is 16.7. The van der Waals surface area contributed by atoms with Crippen molar-refractivity contribution >= 4 is 54.1 Å². The molecule has 0 radical (unpaired) electrons. The van der Waals surface area contributed by atoms with Gasteiger partial charge in [-0.15, -0.1) is 11.3 Å². The molecule has 3 heteroatoms. The molecular formula is C31H23N2S+. The number of rotatable bonds is 2. The third-order valence-electron chi connectivity index (χ3n) is 7.07. The van der Waals surface area contributed by atoms with Crippen molar-refractivity contribution in [3.05, 3.63) is 109 Å². The van der Waals surface area contributed by atoms with Gasteiger partial charge in [-0.2, -0.15) is 4.57 Å². The van der Waals surface area contributed by atoms with E-state index in [-0.39, 0.29) is 0 Å². The number of aryl methyl sites for hydroxylation is 2. The molecule has 0 aliphatic heterocycles. The molecule has 0 spiro atoms. The van der Waals surface area contributed by atoms with Gasteiger partial charge in [-0.1, -0.05) is 66.7 Å². The number of hydrogen-bond donors (Lipinski definition) is 0. The predicted octanol–water partition coefficient (Wildman–Crippen LogP) is 7.95. The third kappa shape index (κ3) is 2.65. The zero-order chi connectivity index (χ0) is 22.8. The SMILES string of the molecule is Cc1c(-c2cc(-n3c4ccccc4c4ccccc43)c3ccccc3[n+]2C)sc2ccccc12. The lowest BCUT2D eigenvalue weighted by Gasteiger charge is -2.13. The maximum Gasteiger partial charge on any atom is 0.225 e. The first kappa shape index (κ1) is 19.5. The van der Waals surface area contributed by atoms with Gasteiger partial charge in [0.15, 0.2) is 0 Å². The number of hydrogen-bond acceptors (Lipinski definition) is 1. The van der Waals surface area contributed by atoms with Crippen LogP contribution in [-0.4, -0.2) is 4.57 Å². The molecule has 4 aromatic carbocycles. The van der Waals surface area contributed by atoms with Crippen molar-refractivity contribution in [1.82, 2.24) is 4.57 Å². The highest BCUT2D eigenvalue weighted by Gasteiger charge is 2.24. The number of aromatic nitrogens is 2. The van der Waals surface area contributed by atoms with E-state index < -0.39 is 0 Å². The van der Waals surface area contributed by atoms with Crippen LogP contribution in [0.4, 0.5) is 0 Å². The highest BCUT2D eigenvalue weighted by Crippen LogP contribution is 2.40. The van der Waals surface area contributed by atoms with Gasteiger partial charge < -0.3 is 4.57 Å². The summed E-state index contributed by atoms with van der Waals surface area (Å²) >= 11 is 1.88. The predicted molar refractivity (Wildman–Crippen MR) is 145 cm³/mol. The van der Waals surface area contributed by atoms with Crippen molar-refractivity contribution in [1.29, 1.82) is 0 Å². The molecule has 0 aliphatic carbocycles. The Kier molecular flexibility index (Phi) is 4.18. The first-order valence-electron chi connectivity index (χ1n) is 11.6. The van der Waals surface area contributed by atoms with Gasteiger partial charge in [-0.25, -0.2) is 0 Å². The van der Waals surface area contributed by atoms with Gasteiger partial charge >= 0.3 is 0 Å². The second kappa shape index (κ2) is 7.28. The van der Waals surface area contributed by atoms with Gasteiger partial charge in [0.1, 0.15) is 11.9 Å². The molecule has 0 saturated heterocycles. The largest absolute Gasteiger partial charge is 0.308 e. The average Bonchev–Trinajstić information content (AvgIpc) is 3.40. The molecule has 3 heterocycles. The number of benzene rings is 4. The molecule has 0 unspecified atom stereocenters. The fraction of sp³-hybridized carbons (Fsp3) is 0.0645. The Morgan fingerprint density at radius 3 is 1.88 bits per heavy atom. The molecular weight excluding hydrogens is 432 g/mol. The molecule has 162 valence electrons. The Hall–Kier alpha value is -3.95. The molecule has 3 aromatic heterocycles. The van der Waals surface area contributed by atoms with Crippen LogP contribution in [0, 0.1) is 6.92 Å². The van der Waals surface area contributed by atoms with Gasteiger partial charge in [0.05, 0.1) is 22.1 Å². The van der Waals surface area contributed by atoms with Crippen LogP contribution in [0.25, 0.3) is 59.1 Å². The van der Waals surface area contributed by atoms with E-state index in [0.717, 1.165) is 0 Å². The lowest BCUT2D eigenvalue weighted by molar-refractivity contribution is -0.633. The number of thiophene rings is 1. The van der Waals surface area contributed by atoms with Gasteiger partial charge in [0.25, 0.3) is 0 Å². The quantitative estimate of drug-likeness (QED) is 0.234. The van der Waals surface area contributed by atoms with E-state index in [9.17, 15) is 0 Å². The molecule has 0 fully saturated rings. The Balaban J connectivity index is 1.65. The Morgan fingerprint density at radius 1 is 0.647 bits per heavy atom. The van der Waals surface area contributed by atoms with E-state index in [2.05, 4.69) is 126 Å². The highest BCUT2D eigenvalue weighted by molar-refractivity contribution is 7.22. The minimum Gasteiger partial charge on any atom is -0.308 e. The fourth-order valence-corrected chi connectivity index (χ4v) is 6.68. The van der Waals surface area contributed by atoms with E-state index in [4.69, 9.17) is 0 Å². The Labute approximate surface area is 201 Å². The van der Waals surface area contributed by atoms with Crippen LogP contribution >= 0.6 is 11.3 Å². The van der Waals surface area contributed by atoms with Crippen molar-refractivity contribution in [3.63, 3.8) is 0 Å². The van der Waals surface area contributed by atoms with Crippen LogP contribution in [-0.2, 0) is 7.05 Å². The second-order valence-corrected chi connectivity index (χ2v) is 9.97. The zero-order valence-electron chi connectivity index (χ0n) is 19.1. The van der Waals surface area contributed by atoms with E-state index in [0.29, 0.717) is 0 Å². The number of pyridine rings is 1. The summed E-state index contributed by atoms with van der Waals surface area (Å²) in [6.07, 6.45) is 0. The summed E-state index contributed by atoms with van der Waals surface area (Å²) in [6, 6.07) is 37.4. The van der Waals surface area contributed by atoms with E-state index in [1.165, 1.54) is 64.6 Å². The van der Waals surface area contributed by atoms with Gasteiger partial charge in [-0.3, -0.25) is 0 Å². The number of nitrogens with zero attached hydrogens (tertiary/aromatic N) is 2. The molecule has 0 amide bonds. The van der Waals surface area contributed by atoms with Crippen LogP contribution in [0.15, 0.2) is 103 Å². The Bertz CT molecular complexity index is 1830. The van der Waals surface area contributed by atoms with Crippen molar-refractivity contribution in [2.45, 2.75) is 6.92 Å². The number of fused-ring (bicyclic) bond motifs is 5. The van der Waals surface area contributed by atoms with E-state index in [1.807, 2.05) is 11.3 Å². The van der Waals surface area contributed by atoms with Crippen LogP contribution < -0.4 is 4.57 Å². The summed E-state index contributed by atoms with van der Waals surface area (Å²) in [5.74, 6) is 0. The maximum atomic E-state index is 2.44. The third-order valence-corrected chi connectivity index (χ3v) is 8.37. The molecule has 2 nitrogen and oxygen atoms in total. The van der Waals surface area contributed by atoms with Crippen molar-refractivity contribution in [3.8, 4) is 16.3 Å². The molecule has 0 atom stereocenters. The minimum atomic E-state index is 1.22.